The minimum Gasteiger partial charge on any atom is -0.497 e. The molecule has 2 amide bonds. The van der Waals surface area contributed by atoms with Gasteiger partial charge in [0.05, 0.1) is 12.8 Å². The molecule has 0 saturated carbocycles. The van der Waals surface area contributed by atoms with Gasteiger partial charge in [-0.1, -0.05) is 81.7 Å². The Bertz CT molecular complexity index is 1130. The second-order valence-corrected chi connectivity index (χ2v) is 10.9. The minimum atomic E-state index is -2.00. The molecule has 0 fully saturated rings. The topological polar surface area (TPSA) is 85.3 Å². The van der Waals surface area contributed by atoms with Gasteiger partial charge in [-0.3, -0.25) is 9.59 Å². The lowest BCUT2D eigenvalue weighted by molar-refractivity contribution is -0.106. The third-order valence-electron chi connectivity index (χ3n) is 4.21. The lowest BCUT2D eigenvalue weighted by Gasteiger charge is -2.17. The van der Waals surface area contributed by atoms with E-state index in [2.05, 4.69) is 15.0 Å². The van der Waals surface area contributed by atoms with Gasteiger partial charge in [-0.15, -0.1) is 0 Å². The van der Waals surface area contributed by atoms with Crippen LogP contribution in [-0.2, 0) is 12.4 Å². The van der Waals surface area contributed by atoms with E-state index in [0.717, 1.165) is 4.90 Å². The molecular formula is C20H12Cl6N4O3. The van der Waals surface area contributed by atoms with Crippen molar-refractivity contribution < 1.29 is 14.3 Å². The molecule has 0 N–H and O–H groups in total. The molecule has 3 aromatic rings. The number of anilines is 1. The molecule has 0 aliphatic carbocycles. The summed E-state index contributed by atoms with van der Waals surface area (Å²) >= 11 is 35.4. The zero-order valence-corrected chi connectivity index (χ0v) is 21.0. The molecule has 0 aliphatic heterocycles. The number of carbonyl (C=O) groups is 2. The predicted octanol–water partition coefficient (Wildman–Crippen LogP) is 6.00. The van der Waals surface area contributed by atoms with Gasteiger partial charge < -0.3 is 4.74 Å². The van der Waals surface area contributed by atoms with Gasteiger partial charge in [0.25, 0.3) is 5.91 Å². The van der Waals surface area contributed by atoms with E-state index in [-0.39, 0.29) is 23.0 Å². The van der Waals surface area contributed by atoms with Crippen molar-refractivity contribution in [3.63, 3.8) is 0 Å². The van der Waals surface area contributed by atoms with Crippen LogP contribution in [0.4, 0.5) is 5.69 Å². The molecule has 0 unspecified atom stereocenters. The Morgan fingerprint density at radius 1 is 0.848 bits per heavy atom. The number of aromatic nitrogens is 3. The van der Waals surface area contributed by atoms with Crippen LogP contribution in [0.2, 0.25) is 0 Å². The van der Waals surface area contributed by atoms with Crippen LogP contribution in [0.25, 0.3) is 11.4 Å². The number of halogens is 6. The number of methoxy groups -OCH3 is 1. The van der Waals surface area contributed by atoms with Crippen molar-refractivity contribution in [2.75, 3.05) is 12.0 Å². The third kappa shape index (κ3) is 6.18. The van der Waals surface area contributed by atoms with Crippen LogP contribution in [0.5, 0.6) is 5.75 Å². The van der Waals surface area contributed by atoms with Gasteiger partial charge in [-0.2, -0.15) is 0 Å². The van der Waals surface area contributed by atoms with Gasteiger partial charge >= 0.3 is 0 Å². The number of benzene rings is 2. The zero-order valence-electron chi connectivity index (χ0n) is 16.5. The number of hydrogen-bond donors (Lipinski definition) is 0. The molecule has 0 saturated heterocycles. The highest BCUT2D eigenvalue weighted by atomic mass is 35.6. The van der Waals surface area contributed by atoms with E-state index in [9.17, 15) is 9.59 Å². The highest BCUT2D eigenvalue weighted by Gasteiger charge is 2.34. The molecule has 2 aromatic carbocycles. The highest BCUT2D eigenvalue weighted by Crippen LogP contribution is 2.40. The average molecular weight is 569 g/mol. The lowest BCUT2D eigenvalue weighted by Crippen LogP contribution is -2.29. The van der Waals surface area contributed by atoms with Crippen LogP contribution >= 0.6 is 69.6 Å². The fourth-order valence-corrected chi connectivity index (χ4v) is 3.14. The summed E-state index contributed by atoms with van der Waals surface area (Å²) in [4.78, 5) is 37.6. The Balaban J connectivity index is 1.95. The van der Waals surface area contributed by atoms with Gasteiger partial charge in [-0.25, -0.2) is 19.9 Å². The monoisotopic (exact) mass is 566 g/mol. The van der Waals surface area contributed by atoms with E-state index in [1.807, 2.05) is 0 Å². The van der Waals surface area contributed by atoms with Crippen LogP contribution < -0.4 is 9.64 Å². The normalized spacial score (nSPS) is 11.7. The van der Waals surface area contributed by atoms with E-state index >= 15 is 0 Å². The Hall–Kier alpha value is -1.87. The average Bonchev–Trinajstić information content (AvgIpc) is 2.78. The van der Waals surface area contributed by atoms with Crippen LogP contribution in [0.1, 0.15) is 22.0 Å². The molecule has 0 spiro atoms. The first kappa shape index (κ1) is 25.7. The Morgan fingerprint density at radius 2 is 1.36 bits per heavy atom. The summed E-state index contributed by atoms with van der Waals surface area (Å²) < 4.78 is 1.09. The van der Waals surface area contributed by atoms with E-state index in [0.29, 0.717) is 23.4 Å². The second kappa shape index (κ2) is 10.2. The van der Waals surface area contributed by atoms with E-state index in [4.69, 9.17) is 74.3 Å². The van der Waals surface area contributed by atoms with Gasteiger partial charge in [0.2, 0.25) is 14.0 Å². The molecule has 0 bridgehead atoms. The summed E-state index contributed by atoms with van der Waals surface area (Å²) in [6.07, 6.45) is 0.421. The van der Waals surface area contributed by atoms with Crippen molar-refractivity contribution in [1.29, 1.82) is 0 Å². The fourth-order valence-electron chi connectivity index (χ4n) is 2.63. The number of nitrogens with zero attached hydrogens (tertiary/aromatic N) is 4. The maximum absolute atomic E-state index is 12.9. The van der Waals surface area contributed by atoms with Crippen molar-refractivity contribution in [1.82, 2.24) is 15.0 Å². The zero-order chi connectivity index (χ0) is 24.4. The molecule has 13 heteroatoms. The van der Waals surface area contributed by atoms with Gasteiger partial charge in [-0.05, 0) is 36.4 Å². The van der Waals surface area contributed by atoms with Crippen molar-refractivity contribution >= 4 is 87.6 Å². The fraction of sp³-hybridized carbons (Fsp3) is 0.150. The number of ether oxygens (including phenoxy) is 1. The smallest absolute Gasteiger partial charge is 0.264 e. The first-order valence-corrected chi connectivity index (χ1v) is 11.1. The van der Waals surface area contributed by atoms with E-state index in [1.54, 1.807) is 24.3 Å². The molecule has 33 heavy (non-hydrogen) atoms. The van der Waals surface area contributed by atoms with Crippen LogP contribution in [0.15, 0.2) is 48.5 Å². The molecule has 3 rings (SSSR count). The SMILES string of the molecule is COc1ccc(N(C=O)C(=O)c2ccc(-c3nc(C(Cl)(Cl)Cl)nc(C(Cl)(Cl)Cl)n3)cc2)cc1. The van der Waals surface area contributed by atoms with Crippen LogP contribution in [0, 0.1) is 0 Å². The standard InChI is InChI=1S/C20H12Cl6N4O3/c1-33-14-8-6-13(7-9-14)30(10-31)16(32)12-4-2-11(3-5-12)15-27-17(19(21,22)23)29-18(28-15)20(24,25)26/h2-10H,1H3. The molecular weight excluding hydrogens is 557 g/mol. The van der Waals surface area contributed by atoms with Crippen LogP contribution in [0.3, 0.4) is 0 Å². The number of amides is 2. The summed E-state index contributed by atoms with van der Waals surface area (Å²) in [5, 5.41) is 0. The molecule has 0 radical (unpaired) electrons. The summed E-state index contributed by atoms with van der Waals surface area (Å²) in [5.41, 5.74) is 1.01. The molecule has 0 atom stereocenters. The number of hydrogen-bond acceptors (Lipinski definition) is 6. The maximum atomic E-state index is 12.9. The Kier molecular flexibility index (Phi) is 7.94. The van der Waals surface area contributed by atoms with Crippen molar-refractivity contribution in [2.24, 2.45) is 0 Å². The van der Waals surface area contributed by atoms with E-state index in [1.165, 1.54) is 31.4 Å². The van der Waals surface area contributed by atoms with Gasteiger partial charge in [0.1, 0.15) is 5.75 Å². The second-order valence-electron chi connectivity index (χ2n) is 6.36. The van der Waals surface area contributed by atoms with Crippen LogP contribution in [-0.4, -0.2) is 34.4 Å². The lowest BCUT2D eigenvalue weighted by atomic mass is 10.1. The molecule has 0 aliphatic rings. The van der Waals surface area contributed by atoms with Crippen molar-refractivity contribution in [3.8, 4) is 17.1 Å². The maximum Gasteiger partial charge on any atom is 0.264 e. The predicted molar refractivity (Wildman–Crippen MR) is 130 cm³/mol. The van der Waals surface area contributed by atoms with Gasteiger partial charge in [0, 0.05) is 11.1 Å². The Morgan fingerprint density at radius 3 is 1.79 bits per heavy atom. The summed E-state index contributed by atoms with van der Waals surface area (Å²) in [6.45, 7) is 0. The summed E-state index contributed by atoms with van der Waals surface area (Å²) in [7, 11) is 1.51. The number of rotatable bonds is 5. The van der Waals surface area contributed by atoms with Crippen molar-refractivity contribution in [2.45, 2.75) is 7.59 Å². The molecule has 172 valence electrons. The number of carbonyl (C=O) groups excluding carboxylic acids is 2. The first-order chi connectivity index (χ1) is 15.4. The molecule has 7 nitrogen and oxygen atoms in total. The molecule has 1 heterocycles. The third-order valence-corrected chi connectivity index (χ3v) is 5.22. The van der Waals surface area contributed by atoms with Crippen molar-refractivity contribution in [3.05, 3.63) is 65.7 Å². The number of alkyl halides is 6. The molecule has 1 aromatic heterocycles. The summed E-state index contributed by atoms with van der Waals surface area (Å²) in [5.74, 6) is -0.409. The Labute approximate surface area is 218 Å². The van der Waals surface area contributed by atoms with E-state index < -0.39 is 13.5 Å². The highest BCUT2D eigenvalue weighted by molar-refractivity contribution is 6.67. The van der Waals surface area contributed by atoms with Gasteiger partial charge in [0.15, 0.2) is 17.5 Å². The number of imide groups is 1. The minimum absolute atomic E-state index is 0.0500. The largest absolute Gasteiger partial charge is 0.497 e. The first-order valence-electron chi connectivity index (χ1n) is 8.88. The quantitative estimate of drug-likeness (QED) is 0.277. The summed E-state index contributed by atoms with van der Waals surface area (Å²) in [6, 6.07) is 12.5.